The number of sulfone groups is 1. The van der Waals surface area contributed by atoms with Crippen molar-refractivity contribution in [2.24, 2.45) is 0 Å². The van der Waals surface area contributed by atoms with Gasteiger partial charge in [0.05, 0.1) is 12.1 Å². The first-order valence-corrected chi connectivity index (χ1v) is 14.2. The summed E-state index contributed by atoms with van der Waals surface area (Å²) in [5.41, 5.74) is 1.53. The molecule has 0 saturated carbocycles. The molecule has 1 aromatic heterocycles. The summed E-state index contributed by atoms with van der Waals surface area (Å²) < 4.78 is 81.3. The number of aromatic nitrogens is 2. The SMILES string of the molecule is Cc1cc(F)ccc1-c1nn2c(c1NC(=O)CS(C)(=O)=O)C(=O)N[C@]1(CCc3cc(OCC(F)(F)F)ccc31)C2. The minimum atomic E-state index is -4.48. The van der Waals surface area contributed by atoms with Crippen LogP contribution in [0.2, 0.25) is 0 Å². The Morgan fingerprint density at radius 1 is 1.23 bits per heavy atom. The highest BCUT2D eigenvalue weighted by atomic mass is 32.2. The third-order valence-corrected chi connectivity index (χ3v) is 7.64. The van der Waals surface area contributed by atoms with Crippen molar-refractivity contribution in [3.8, 4) is 17.0 Å². The summed E-state index contributed by atoms with van der Waals surface area (Å²) in [7, 11) is -3.68. The molecular formula is C26H24F4N4O5S. The number of alkyl halides is 3. The fourth-order valence-electron chi connectivity index (χ4n) is 5.27. The summed E-state index contributed by atoms with van der Waals surface area (Å²) in [6.45, 7) is 0.328. The molecular weight excluding hydrogens is 556 g/mol. The average Bonchev–Trinajstić information content (AvgIpc) is 3.34. The molecule has 5 rings (SSSR count). The first-order valence-electron chi connectivity index (χ1n) is 12.1. The quantitative estimate of drug-likeness (QED) is 0.431. The summed E-state index contributed by atoms with van der Waals surface area (Å²) >= 11 is 0. The summed E-state index contributed by atoms with van der Waals surface area (Å²) in [6, 6.07) is 8.46. The molecule has 1 atom stereocenters. The summed E-state index contributed by atoms with van der Waals surface area (Å²) in [5.74, 6) is -2.72. The predicted molar refractivity (Wildman–Crippen MR) is 136 cm³/mol. The van der Waals surface area contributed by atoms with Gasteiger partial charge in [-0.15, -0.1) is 0 Å². The fourth-order valence-corrected chi connectivity index (χ4v) is 5.82. The van der Waals surface area contributed by atoms with Crippen molar-refractivity contribution in [3.05, 3.63) is 64.6 Å². The zero-order chi connectivity index (χ0) is 29.0. The van der Waals surface area contributed by atoms with Crippen molar-refractivity contribution in [1.29, 1.82) is 0 Å². The van der Waals surface area contributed by atoms with Gasteiger partial charge in [0, 0.05) is 11.8 Å². The Morgan fingerprint density at radius 2 is 1.98 bits per heavy atom. The largest absolute Gasteiger partial charge is 0.484 e. The van der Waals surface area contributed by atoms with Crippen LogP contribution in [0.4, 0.5) is 23.2 Å². The van der Waals surface area contributed by atoms with Gasteiger partial charge in [-0.2, -0.15) is 18.3 Å². The lowest BCUT2D eigenvalue weighted by molar-refractivity contribution is -0.153. The summed E-state index contributed by atoms with van der Waals surface area (Å²) in [5, 5.41) is 10.1. The van der Waals surface area contributed by atoms with Gasteiger partial charge >= 0.3 is 6.18 Å². The Kier molecular flexibility index (Phi) is 6.63. The normalized spacial score (nSPS) is 18.3. The Labute approximate surface area is 226 Å². The highest BCUT2D eigenvalue weighted by Gasteiger charge is 2.46. The van der Waals surface area contributed by atoms with Crippen LogP contribution in [0, 0.1) is 12.7 Å². The highest BCUT2D eigenvalue weighted by molar-refractivity contribution is 7.91. The van der Waals surface area contributed by atoms with Gasteiger partial charge in [-0.05, 0) is 66.8 Å². The predicted octanol–water partition coefficient (Wildman–Crippen LogP) is 3.51. The van der Waals surface area contributed by atoms with E-state index in [4.69, 9.17) is 4.74 Å². The number of nitrogens with zero attached hydrogens (tertiary/aromatic N) is 2. The molecule has 3 aromatic rings. The van der Waals surface area contributed by atoms with E-state index in [-0.39, 0.29) is 29.4 Å². The zero-order valence-corrected chi connectivity index (χ0v) is 22.2. The number of halogens is 4. The van der Waals surface area contributed by atoms with Crippen LogP contribution in [0.5, 0.6) is 5.75 Å². The van der Waals surface area contributed by atoms with Crippen LogP contribution in [0.15, 0.2) is 36.4 Å². The molecule has 0 saturated heterocycles. The molecule has 2 heterocycles. The number of rotatable bonds is 6. The number of amides is 2. The molecule has 9 nitrogen and oxygen atoms in total. The van der Waals surface area contributed by atoms with E-state index in [1.807, 2.05) is 0 Å². The number of carbonyl (C=O) groups is 2. The van der Waals surface area contributed by atoms with Crippen LogP contribution in [-0.4, -0.2) is 54.8 Å². The van der Waals surface area contributed by atoms with E-state index in [0.717, 1.165) is 6.26 Å². The molecule has 40 heavy (non-hydrogen) atoms. The lowest BCUT2D eigenvalue weighted by Crippen LogP contribution is -2.52. The van der Waals surface area contributed by atoms with Crippen molar-refractivity contribution < 1.29 is 40.3 Å². The van der Waals surface area contributed by atoms with Gasteiger partial charge in [-0.1, -0.05) is 6.07 Å². The molecule has 14 heteroatoms. The van der Waals surface area contributed by atoms with Crippen LogP contribution in [-0.2, 0) is 33.1 Å². The van der Waals surface area contributed by atoms with Gasteiger partial charge in [-0.3, -0.25) is 14.3 Å². The van der Waals surface area contributed by atoms with Gasteiger partial charge in [0.2, 0.25) is 5.91 Å². The van der Waals surface area contributed by atoms with Gasteiger partial charge < -0.3 is 15.4 Å². The second-order valence-electron chi connectivity index (χ2n) is 10.1. The van der Waals surface area contributed by atoms with E-state index >= 15 is 0 Å². The third kappa shape index (κ3) is 5.40. The summed E-state index contributed by atoms with van der Waals surface area (Å²) in [4.78, 5) is 26.2. The maximum atomic E-state index is 13.8. The Balaban J connectivity index is 1.54. The fraction of sp³-hybridized carbons (Fsp3) is 0.346. The van der Waals surface area contributed by atoms with Crippen LogP contribution >= 0.6 is 0 Å². The van der Waals surface area contributed by atoms with Gasteiger partial charge in [-0.25, -0.2) is 12.8 Å². The van der Waals surface area contributed by atoms with Crippen LogP contribution in [0.3, 0.4) is 0 Å². The lowest BCUT2D eigenvalue weighted by atomic mass is 9.89. The van der Waals surface area contributed by atoms with E-state index in [2.05, 4.69) is 15.7 Å². The molecule has 0 radical (unpaired) electrons. The number of anilines is 1. The van der Waals surface area contributed by atoms with E-state index in [1.165, 1.54) is 35.0 Å². The molecule has 2 aromatic carbocycles. The van der Waals surface area contributed by atoms with Gasteiger partial charge in [0.25, 0.3) is 5.91 Å². The van der Waals surface area contributed by atoms with Crippen LogP contribution in [0.25, 0.3) is 11.3 Å². The molecule has 2 amide bonds. The van der Waals surface area contributed by atoms with E-state index in [9.17, 15) is 35.6 Å². The summed E-state index contributed by atoms with van der Waals surface area (Å²) in [6.07, 6.45) is -2.70. The highest BCUT2D eigenvalue weighted by Crippen LogP contribution is 2.44. The lowest BCUT2D eigenvalue weighted by Gasteiger charge is -2.36. The molecule has 0 unspecified atom stereocenters. The molecule has 0 fully saturated rings. The maximum absolute atomic E-state index is 13.8. The topological polar surface area (TPSA) is 119 Å². The third-order valence-electron chi connectivity index (χ3n) is 6.86. The monoisotopic (exact) mass is 580 g/mol. The van der Waals surface area contributed by atoms with Crippen LogP contribution < -0.4 is 15.4 Å². The van der Waals surface area contributed by atoms with Gasteiger partial charge in [0.1, 0.15) is 28.7 Å². The van der Waals surface area contributed by atoms with Crippen molar-refractivity contribution in [2.45, 2.75) is 38.0 Å². The Hall–Kier alpha value is -3.94. The zero-order valence-electron chi connectivity index (χ0n) is 21.4. The number of benzene rings is 2. The Morgan fingerprint density at radius 3 is 2.65 bits per heavy atom. The molecule has 0 bridgehead atoms. The number of nitrogens with one attached hydrogen (secondary N) is 2. The van der Waals surface area contributed by atoms with E-state index in [1.54, 1.807) is 13.0 Å². The van der Waals surface area contributed by atoms with Crippen LogP contribution in [0.1, 0.15) is 33.6 Å². The number of fused-ring (bicyclic) bond motifs is 3. The maximum Gasteiger partial charge on any atom is 0.422 e. The molecule has 1 aliphatic heterocycles. The number of carbonyl (C=O) groups excluding carboxylic acids is 2. The number of hydrogen-bond acceptors (Lipinski definition) is 6. The molecule has 2 aliphatic rings. The first-order chi connectivity index (χ1) is 18.6. The molecule has 1 aliphatic carbocycles. The minimum Gasteiger partial charge on any atom is -0.484 e. The van der Waals surface area contributed by atoms with Crippen molar-refractivity contribution in [2.75, 3.05) is 23.9 Å². The number of hydrogen-bond donors (Lipinski definition) is 2. The molecule has 1 spiro atoms. The standard InChI is InChI=1S/C26H24F4N4O5S/c1-14-9-16(27)3-5-18(14)21-22(31-20(35)11-40(2,37)38)23-24(36)32-25(12-34(23)33-21)8-7-15-10-17(4-6-19(15)25)39-13-26(28,29)30/h3-6,9-10H,7-8,11-13H2,1-2H3,(H,31,35)(H,32,36)/t25-/m1/s1. The first kappa shape index (κ1) is 27.6. The smallest absolute Gasteiger partial charge is 0.422 e. The average molecular weight is 581 g/mol. The number of aryl methyl sites for hydroxylation is 2. The van der Waals surface area contributed by atoms with Crippen molar-refractivity contribution in [1.82, 2.24) is 15.1 Å². The molecule has 212 valence electrons. The van der Waals surface area contributed by atoms with Crippen molar-refractivity contribution >= 4 is 27.3 Å². The van der Waals surface area contributed by atoms with E-state index in [0.29, 0.717) is 35.1 Å². The van der Waals surface area contributed by atoms with E-state index < -0.39 is 51.5 Å². The van der Waals surface area contributed by atoms with Gasteiger partial charge in [0.15, 0.2) is 22.1 Å². The molecule has 2 N–H and O–H groups in total. The van der Waals surface area contributed by atoms with Crippen molar-refractivity contribution in [3.63, 3.8) is 0 Å². The number of ether oxygens (including phenoxy) is 1. The second-order valence-corrected chi connectivity index (χ2v) is 12.2. The second kappa shape index (κ2) is 9.61. The Bertz CT molecular complexity index is 1650. The minimum absolute atomic E-state index is 0.00942.